The lowest BCUT2D eigenvalue weighted by atomic mass is 9.89. The number of piperazine rings is 1. The average molecular weight is 542 g/mol. The van der Waals surface area contributed by atoms with Crippen molar-refractivity contribution in [2.24, 2.45) is 0 Å². The summed E-state index contributed by atoms with van der Waals surface area (Å²) in [7, 11) is 1.34. The lowest BCUT2D eigenvalue weighted by molar-refractivity contribution is -0.143. The second-order valence-corrected chi connectivity index (χ2v) is 9.11. The Morgan fingerprint density at radius 3 is 2.00 bits per heavy atom. The molecule has 12 heteroatoms. The van der Waals surface area contributed by atoms with Gasteiger partial charge in [0.05, 0.1) is 22.7 Å². The number of hydrogen-bond donors (Lipinski definition) is 1. The molecule has 0 aliphatic carbocycles. The largest absolute Gasteiger partial charge is 0.416 e. The normalized spacial score (nSPS) is 17.0. The molecule has 0 radical (unpaired) electrons. The molecule has 4 nitrogen and oxygen atoms in total. The van der Waals surface area contributed by atoms with E-state index in [1.807, 2.05) is 0 Å². The van der Waals surface area contributed by atoms with Crippen LogP contribution in [0.25, 0.3) is 0 Å². The molecule has 36 heavy (non-hydrogen) atoms. The molecule has 1 aliphatic rings. The van der Waals surface area contributed by atoms with Crippen molar-refractivity contribution >= 4 is 18.4 Å². The second-order valence-electron chi connectivity index (χ2n) is 9.11. The summed E-state index contributed by atoms with van der Waals surface area (Å²) in [5.41, 5.74) is -3.41. The molecule has 1 N–H and O–H groups in total. The van der Waals surface area contributed by atoms with Crippen molar-refractivity contribution in [2.75, 3.05) is 26.7 Å². The van der Waals surface area contributed by atoms with Gasteiger partial charge in [-0.2, -0.15) is 26.3 Å². The minimum Gasteiger partial charge on any atom is -0.319 e. The van der Waals surface area contributed by atoms with Crippen LogP contribution in [0.1, 0.15) is 47.7 Å². The number of benzene rings is 2. The first kappa shape index (κ1) is 29.7. The van der Waals surface area contributed by atoms with E-state index in [1.165, 1.54) is 37.9 Å². The van der Waals surface area contributed by atoms with Gasteiger partial charge in [-0.1, -0.05) is 6.07 Å². The van der Waals surface area contributed by atoms with Gasteiger partial charge in [-0.25, -0.2) is 9.18 Å². The summed E-state index contributed by atoms with van der Waals surface area (Å²) in [6.07, 6.45) is -10.0. The van der Waals surface area contributed by atoms with E-state index in [4.69, 9.17) is 0 Å². The summed E-state index contributed by atoms with van der Waals surface area (Å²) in [4.78, 5) is 16.2. The molecular formula is C24H27ClF7N3O. The average Bonchev–Trinajstić information content (AvgIpc) is 2.76. The third kappa shape index (κ3) is 6.05. The van der Waals surface area contributed by atoms with Crippen molar-refractivity contribution in [1.82, 2.24) is 15.1 Å². The maximum atomic E-state index is 13.6. The monoisotopic (exact) mass is 541 g/mol. The highest BCUT2D eigenvalue weighted by atomic mass is 35.5. The van der Waals surface area contributed by atoms with E-state index in [1.54, 1.807) is 13.0 Å². The van der Waals surface area contributed by atoms with Gasteiger partial charge in [-0.05, 0) is 67.8 Å². The van der Waals surface area contributed by atoms with E-state index in [0.29, 0.717) is 36.3 Å². The first-order valence-corrected chi connectivity index (χ1v) is 10.8. The van der Waals surface area contributed by atoms with Gasteiger partial charge in [0, 0.05) is 26.7 Å². The summed E-state index contributed by atoms with van der Waals surface area (Å²) in [6, 6.07) is 4.44. The van der Waals surface area contributed by atoms with E-state index >= 15 is 0 Å². The van der Waals surface area contributed by atoms with Crippen LogP contribution in [0.5, 0.6) is 0 Å². The number of nitrogens with zero attached hydrogens (tertiary/aromatic N) is 2. The van der Waals surface area contributed by atoms with E-state index in [9.17, 15) is 35.5 Å². The molecule has 0 unspecified atom stereocenters. The third-order valence-electron chi connectivity index (χ3n) is 6.50. The fourth-order valence-electron chi connectivity index (χ4n) is 4.16. The second kappa shape index (κ2) is 10.5. The van der Waals surface area contributed by atoms with Crippen LogP contribution in [0.15, 0.2) is 36.4 Å². The van der Waals surface area contributed by atoms with E-state index < -0.39 is 46.9 Å². The zero-order valence-electron chi connectivity index (χ0n) is 20.0. The Morgan fingerprint density at radius 1 is 0.972 bits per heavy atom. The molecule has 3 rings (SSSR count). The van der Waals surface area contributed by atoms with E-state index in [-0.39, 0.29) is 30.6 Å². The van der Waals surface area contributed by atoms with Crippen molar-refractivity contribution in [3.05, 3.63) is 70.0 Å². The number of halogens is 8. The standard InChI is InChI=1S/C24H26F7N3O.ClH/c1-14-9-18(25)5-6-19(14)20-13-32-7-8-34(20)21(35)33(4)22(2,3)15-10-16(23(26,27)28)12-17(11-15)24(29,30)31;/h5-6,9-12,20,32H,7-8,13H2,1-4H3;1H/t20-;/m1./s1. The summed E-state index contributed by atoms with van der Waals surface area (Å²) < 4.78 is 94.0. The fraction of sp³-hybridized carbons (Fsp3) is 0.458. The Balaban J connectivity index is 0.00000456. The molecule has 200 valence electrons. The van der Waals surface area contributed by atoms with Crippen molar-refractivity contribution in [1.29, 1.82) is 0 Å². The van der Waals surface area contributed by atoms with E-state index in [2.05, 4.69) is 5.32 Å². The van der Waals surface area contributed by atoms with Crippen molar-refractivity contribution in [3.63, 3.8) is 0 Å². The highest BCUT2D eigenvalue weighted by molar-refractivity contribution is 5.85. The number of nitrogens with one attached hydrogen (secondary N) is 1. The Hall–Kier alpha value is -2.53. The third-order valence-corrected chi connectivity index (χ3v) is 6.50. The lowest BCUT2D eigenvalue weighted by Crippen LogP contribution is -2.56. The van der Waals surface area contributed by atoms with Crippen LogP contribution in [0.4, 0.5) is 35.5 Å². The quantitative estimate of drug-likeness (QED) is 0.449. The van der Waals surface area contributed by atoms with Crippen LogP contribution < -0.4 is 5.32 Å². The minimum absolute atomic E-state index is 0. The van der Waals surface area contributed by atoms with E-state index in [0.717, 1.165) is 4.90 Å². The van der Waals surface area contributed by atoms with Gasteiger partial charge in [0.25, 0.3) is 0 Å². The van der Waals surface area contributed by atoms with Crippen LogP contribution >= 0.6 is 12.4 Å². The molecular weight excluding hydrogens is 515 g/mol. The van der Waals surface area contributed by atoms with Gasteiger partial charge in [0.2, 0.25) is 0 Å². The molecule has 2 aromatic carbocycles. The van der Waals surface area contributed by atoms with Crippen LogP contribution in [-0.2, 0) is 17.9 Å². The molecule has 0 spiro atoms. The number of alkyl halides is 6. The Morgan fingerprint density at radius 2 is 1.50 bits per heavy atom. The minimum atomic E-state index is -5.00. The Bertz CT molecular complexity index is 1070. The van der Waals surface area contributed by atoms with Gasteiger partial charge < -0.3 is 15.1 Å². The van der Waals surface area contributed by atoms with Gasteiger partial charge in [0.1, 0.15) is 5.82 Å². The molecule has 1 atom stereocenters. The van der Waals surface area contributed by atoms with Gasteiger partial charge in [0.15, 0.2) is 0 Å². The van der Waals surface area contributed by atoms with Crippen LogP contribution in [0.2, 0.25) is 0 Å². The molecule has 1 fully saturated rings. The first-order chi connectivity index (χ1) is 16.0. The Kier molecular flexibility index (Phi) is 8.62. The molecule has 1 aliphatic heterocycles. The molecule has 2 aromatic rings. The number of rotatable bonds is 3. The smallest absolute Gasteiger partial charge is 0.319 e. The summed E-state index contributed by atoms with van der Waals surface area (Å²) in [5, 5.41) is 3.16. The SMILES string of the molecule is Cc1cc(F)ccc1[C@H]1CNCCN1C(=O)N(C)C(C)(C)c1cc(C(F)(F)F)cc(C(F)(F)F)c1.Cl. The maximum Gasteiger partial charge on any atom is 0.416 e. The van der Waals surface area contributed by atoms with Crippen LogP contribution in [0, 0.1) is 12.7 Å². The molecule has 0 saturated carbocycles. The van der Waals surface area contributed by atoms with Crippen molar-refractivity contribution in [3.8, 4) is 0 Å². The predicted octanol–water partition coefficient (Wildman–Crippen LogP) is 6.53. The van der Waals surface area contributed by atoms with Gasteiger partial charge >= 0.3 is 18.4 Å². The maximum absolute atomic E-state index is 13.6. The number of carbonyl (C=O) groups is 1. The lowest BCUT2D eigenvalue weighted by Gasteiger charge is -2.44. The first-order valence-electron chi connectivity index (χ1n) is 10.8. The molecule has 0 bridgehead atoms. The highest BCUT2D eigenvalue weighted by Crippen LogP contribution is 2.40. The number of urea groups is 1. The number of hydrogen-bond acceptors (Lipinski definition) is 2. The van der Waals surface area contributed by atoms with Crippen molar-refractivity contribution in [2.45, 2.75) is 44.7 Å². The predicted molar refractivity (Wildman–Crippen MR) is 123 cm³/mol. The molecule has 0 aromatic heterocycles. The summed E-state index contributed by atoms with van der Waals surface area (Å²) in [5.74, 6) is -0.434. The topological polar surface area (TPSA) is 35.6 Å². The number of amides is 2. The molecule has 1 heterocycles. The van der Waals surface area contributed by atoms with Crippen LogP contribution in [-0.4, -0.2) is 42.5 Å². The van der Waals surface area contributed by atoms with Crippen LogP contribution in [0.3, 0.4) is 0 Å². The number of carbonyl (C=O) groups excluding carboxylic acids is 1. The highest BCUT2D eigenvalue weighted by Gasteiger charge is 2.41. The molecule has 2 amide bonds. The summed E-state index contributed by atoms with van der Waals surface area (Å²) >= 11 is 0. The zero-order valence-corrected chi connectivity index (χ0v) is 20.8. The van der Waals surface area contributed by atoms with Gasteiger partial charge in [-0.15, -0.1) is 12.4 Å². The Labute approximate surface area is 210 Å². The molecule has 1 saturated heterocycles. The number of aryl methyl sites for hydroxylation is 1. The zero-order chi connectivity index (χ0) is 26.3. The van der Waals surface area contributed by atoms with Crippen molar-refractivity contribution < 1.29 is 35.5 Å². The fourth-order valence-corrected chi connectivity index (χ4v) is 4.16. The van der Waals surface area contributed by atoms with Gasteiger partial charge in [-0.3, -0.25) is 0 Å². The summed E-state index contributed by atoms with van der Waals surface area (Å²) in [6.45, 7) is 5.52.